The summed E-state index contributed by atoms with van der Waals surface area (Å²) >= 11 is 7.41. The van der Waals surface area contributed by atoms with Crippen molar-refractivity contribution in [1.82, 2.24) is 0 Å². The summed E-state index contributed by atoms with van der Waals surface area (Å²) in [5.41, 5.74) is 6.45. The van der Waals surface area contributed by atoms with Crippen LogP contribution in [-0.4, -0.2) is 0 Å². The molecule has 2 rings (SSSR count). The van der Waals surface area contributed by atoms with Gasteiger partial charge in [-0.25, -0.2) is 4.39 Å². The minimum atomic E-state index is -0.447. The van der Waals surface area contributed by atoms with Crippen LogP contribution in [0.15, 0.2) is 30.3 Å². The lowest BCUT2D eigenvalue weighted by Crippen LogP contribution is -2.12. The molecule has 0 bridgehead atoms. The molecule has 1 aromatic heterocycles. The lowest BCUT2D eigenvalue weighted by atomic mass is 10.1. The number of nitrogens with two attached hydrogens (primary N) is 1. The summed E-state index contributed by atoms with van der Waals surface area (Å²) in [7, 11) is 0. The van der Waals surface area contributed by atoms with E-state index in [1.165, 1.54) is 12.1 Å². The van der Waals surface area contributed by atoms with E-state index in [9.17, 15) is 4.39 Å². The van der Waals surface area contributed by atoms with Gasteiger partial charge in [-0.2, -0.15) is 0 Å². The molecule has 0 fully saturated rings. The van der Waals surface area contributed by atoms with E-state index in [0.717, 1.165) is 9.75 Å². The Bertz CT molecular complexity index is 509. The number of rotatable bonds is 2. The van der Waals surface area contributed by atoms with Gasteiger partial charge in [-0.05, 0) is 37.3 Å². The molecule has 0 saturated carbocycles. The Morgan fingerprint density at radius 1 is 1.31 bits per heavy atom. The molecule has 4 heteroatoms. The van der Waals surface area contributed by atoms with Gasteiger partial charge in [0, 0.05) is 20.3 Å². The van der Waals surface area contributed by atoms with Crippen molar-refractivity contribution in [3.63, 3.8) is 0 Å². The number of halogens is 2. The van der Waals surface area contributed by atoms with Crippen molar-refractivity contribution in [3.8, 4) is 0 Å². The predicted octanol–water partition coefficient (Wildman–Crippen LogP) is 3.90. The first-order valence-electron chi connectivity index (χ1n) is 4.85. The monoisotopic (exact) mass is 255 g/mol. The van der Waals surface area contributed by atoms with E-state index in [4.69, 9.17) is 17.3 Å². The third-order valence-corrected chi connectivity index (χ3v) is 3.68. The summed E-state index contributed by atoms with van der Waals surface area (Å²) in [6, 6.07) is 7.90. The van der Waals surface area contributed by atoms with Gasteiger partial charge in [0.05, 0.1) is 6.04 Å². The van der Waals surface area contributed by atoms with Gasteiger partial charge < -0.3 is 5.73 Å². The minimum Gasteiger partial charge on any atom is -0.320 e. The van der Waals surface area contributed by atoms with Crippen molar-refractivity contribution < 1.29 is 4.39 Å². The van der Waals surface area contributed by atoms with Gasteiger partial charge in [0.15, 0.2) is 0 Å². The van der Waals surface area contributed by atoms with Crippen LogP contribution in [0.25, 0.3) is 0 Å². The van der Waals surface area contributed by atoms with Gasteiger partial charge in [0.1, 0.15) is 5.82 Å². The fourth-order valence-corrected chi connectivity index (χ4v) is 2.61. The predicted molar refractivity (Wildman–Crippen MR) is 66.5 cm³/mol. The molecule has 1 atom stereocenters. The van der Waals surface area contributed by atoms with E-state index < -0.39 is 6.04 Å². The Kier molecular flexibility index (Phi) is 3.28. The molecule has 1 unspecified atom stereocenters. The second-order valence-electron chi connectivity index (χ2n) is 3.59. The van der Waals surface area contributed by atoms with Crippen molar-refractivity contribution >= 4 is 22.9 Å². The second-order valence-corrected chi connectivity index (χ2v) is 5.35. The molecule has 0 saturated heterocycles. The third kappa shape index (κ3) is 2.26. The number of aryl methyl sites for hydroxylation is 1. The molecule has 1 aromatic carbocycles. The molecule has 0 aliphatic carbocycles. The van der Waals surface area contributed by atoms with Gasteiger partial charge in [-0.3, -0.25) is 0 Å². The fraction of sp³-hybridized carbons (Fsp3) is 0.167. The van der Waals surface area contributed by atoms with E-state index in [0.29, 0.717) is 10.6 Å². The van der Waals surface area contributed by atoms with Gasteiger partial charge in [-0.1, -0.05) is 11.6 Å². The van der Waals surface area contributed by atoms with Gasteiger partial charge >= 0.3 is 0 Å². The van der Waals surface area contributed by atoms with Crippen LogP contribution in [0, 0.1) is 12.7 Å². The van der Waals surface area contributed by atoms with Crippen LogP contribution in [0.1, 0.15) is 21.4 Å². The molecule has 0 spiro atoms. The standard InChI is InChI=1S/C12H11ClFNS/c1-7-2-5-11(16-7)12(15)9-6-8(13)3-4-10(9)14/h2-6,12H,15H2,1H3. The van der Waals surface area contributed by atoms with Gasteiger partial charge in [-0.15, -0.1) is 11.3 Å². The first-order valence-corrected chi connectivity index (χ1v) is 6.04. The Morgan fingerprint density at radius 2 is 2.06 bits per heavy atom. The van der Waals surface area contributed by atoms with Crippen molar-refractivity contribution in [2.45, 2.75) is 13.0 Å². The summed E-state index contributed by atoms with van der Waals surface area (Å²) in [6.07, 6.45) is 0. The molecule has 84 valence electrons. The molecule has 0 radical (unpaired) electrons. The highest BCUT2D eigenvalue weighted by Crippen LogP contribution is 2.29. The van der Waals surface area contributed by atoms with Crippen molar-refractivity contribution in [2.75, 3.05) is 0 Å². The molecule has 0 aliphatic rings. The van der Waals surface area contributed by atoms with Gasteiger partial charge in [0.25, 0.3) is 0 Å². The van der Waals surface area contributed by atoms with Crippen LogP contribution in [0.2, 0.25) is 5.02 Å². The molecule has 0 amide bonds. The number of hydrogen-bond donors (Lipinski definition) is 1. The molecule has 1 heterocycles. The van der Waals surface area contributed by atoms with Crippen LogP contribution >= 0.6 is 22.9 Å². The highest BCUT2D eigenvalue weighted by atomic mass is 35.5. The van der Waals surface area contributed by atoms with E-state index >= 15 is 0 Å². The molecule has 2 aromatic rings. The quantitative estimate of drug-likeness (QED) is 0.866. The van der Waals surface area contributed by atoms with Gasteiger partial charge in [0.2, 0.25) is 0 Å². The molecular formula is C12H11ClFNS. The van der Waals surface area contributed by atoms with E-state index in [1.807, 2.05) is 19.1 Å². The highest BCUT2D eigenvalue weighted by Gasteiger charge is 2.15. The van der Waals surface area contributed by atoms with E-state index in [1.54, 1.807) is 17.4 Å². The maximum absolute atomic E-state index is 13.6. The Morgan fingerprint density at radius 3 is 2.69 bits per heavy atom. The SMILES string of the molecule is Cc1ccc(C(N)c2cc(Cl)ccc2F)s1. The number of hydrogen-bond acceptors (Lipinski definition) is 2. The zero-order chi connectivity index (χ0) is 11.7. The topological polar surface area (TPSA) is 26.0 Å². The molecular weight excluding hydrogens is 245 g/mol. The first-order chi connectivity index (χ1) is 7.58. The smallest absolute Gasteiger partial charge is 0.128 e. The van der Waals surface area contributed by atoms with E-state index in [2.05, 4.69) is 0 Å². The maximum Gasteiger partial charge on any atom is 0.128 e. The lowest BCUT2D eigenvalue weighted by molar-refractivity contribution is 0.601. The number of thiophene rings is 1. The third-order valence-electron chi connectivity index (χ3n) is 2.36. The zero-order valence-corrected chi connectivity index (χ0v) is 10.3. The normalized spacial score (nSPS) is 12.8. The zero-order valence-electron chi connectivity index (χ0n) is 8.71. The average molecular weight is 256 g/mol. The Hall–Kier alpha value is -0.900. The summed E-state index contributed by atoms with van der Waals surface area (Å²) in [5.74, 6) is -0.317. The average Bonchev–Trinajstić information content (AvgIpc) is 2.67. The van der Waals surface area contributed by atoms with Crippen LogP contribution in [0.4, 0.5) is 4.39 Å². The second kappa shape index (κ2) is 4.53. The highest BCUT2D eigenvalue weighted by molar-refractivity contribution is 7.12. The summed E-state index contributed by atoms with van der Waals surface area (Å²) in [6.45, 7) is 2.00. The minimum absolute atomic E-state index is 0.317. The molecule has 1 nitrogen and oxygen atoms in total. The van der Waals surface area contributed by atoms with Crippen LogP contribution in [0.3, 0.4) is 0 Å². The number of benzene rings is 1. The van der Waals surface area contributed by atoms with Crippen LogP contribution in [0.5, 0.6) is 0 Å². The fourth-order valence-electron chi connectivity index (χ4n) is 1.53. The van der Waals surface area contributed by atoms with Crippen LogP contribution in [-0.2, 0) is 0 Å². The summed E-state index contributed by atoms with van der Waals surface area (Å²) in [5, 5.41) is 0.500. The lowest BCUT2D eigenvalue weighted by Gasteiger charge is -2.11. The molecule has 0 aliphatic heterocycles. The van der Waals surface area contributed by atoms with Crippen molar-refractivity contribution in [2.24, 2.45) is 5.73 Å². The van der Waals surface area contributed by atoms with Crippen molar-refractivity contribution in [3.05, 3.63) is 56.5 Å². The summed E-state index contributed by atoms with van der Waals surface area (Å²) in [4.78, 5) is 2.10. The maximum atomic E-state index is 13.6. The van der Waals surface area contributed by atoms with Crippen molar-refractivity contribution in [1.29, 1.82) is 0 Å². The summed E-state index contributed by atoms with van der Waals surface area (Å²) < 4.78 is 13.6. The first kappa shape index (κ1) is 11.6. The Labute approximate surface area is 103 Å². The van der Waals surface area contributed by atoms with Crippen LogP contribution < -0.4 is 5.73 Å². The van der Waals surface area contributed by atoms with E-state index in [-0.39, 0.29) is 5.82 Å². The largest absolute Gasteiger partial charge is 0.320 e. The molecule has 16 heavy (non-hydrogen) atoms. The molecule has 2 N–H and O–H groups in total. The Balaban J connectivity index is 2.40.